The van der Waals surface area contributed by atoms with Crippen LogP contribution in [-0.2, 0) is 19.2 Å². The molecule has 0 aliphatic heterocycles. The molecule has 0 radical (unpaired) electrons. The molecule has 0 rings (SSSR count). The molecule has 0 bridgehead atoms. The van der Waals surface area contributed by atoms with E-state index in [1.807, 2.05) is 20.8 Å². The van der Waals surface area contributed by atoms with Crippen molar-refractivity contribution in [3.8, 4) is 0 Å². The number of nitrogens with one attached hydrogen (secondary N) is 3. The van der Waals surface area contributed by atoms with Crippen LogP contribution in [0.3, 0.4) is 0 Å². The van der Waals surface area contributed by atoms with Crippen LogP contribution in [0.25, 0.3) is 0 Å². The Morgan fingerprint density at radius 1 is 0.900 bits per heavy atom. The van der Waals surface area contributed by atoms with Gasteiger partial charge in [-0.2, -0.15) is 0 Å². The van der Waals surface area contributed by atoms with Gasteiger partial charge in [-0.25, -0.2) is 0 Å². The molecule has 0 atom stereocenters. The van der Waals surface area contributed by atoms with E-state index < -0.39 is 5.91 Å². The van der Waals surface area contributed by atoms with Crippen molar-refractivity contribution >= 4 is 23.5 Å². The highest BCUT2D eigenvalue weighted by molar-refractivity contribution is 5.87. The number of primary amides is 1. The quantitative estimate of drug-likeness (QED) is 0.279. The van der Waals surface area contributed by atoms with Crippen molar-refractivity contribution in [3.63, 3.8) is 0 Å². The van der Waals surface area contributed by atoms with Crippen LogP contribution in [-0.4, -0.2) is 50.2 Å². The lowest BCUT2D eigenvalue weighted by Gasteiger charge is -2.01. The minimum absolute atomic E-state index is 0.0425. The predicted octanol–water partition coefficient (Wildman–Crippen LogP) is 2.47. The van der Waals surface area contributed by atoms with Crippen LogP contribution in [0.4, 0.5) is 0 Å². The molecule has 5 N–H and O–H groups in total. The first kappa shape index (κ1) is 35.2. The zero-order valence-corrected chi connectivity index (χ0v) is 20.2. The fourth-order valence-electron chi connectivity index (χ4n) is 1.51. The van der Waals surface area contributed by atoms with E-state index in [1.54, 1.807) is 20.0 Å². The van der Waals surface area contributed by atoms with Crippen LogP contribution in [0.15, 0.2) is 12.2 Å². The number of ketones is 1. The van der Waals surface area contributed by atoms with Gasteiger partial charge in [0.15, 0.2) is 0 Å². The summed E-state index contributed by atoms with van der Waals surface area (Å²) in [5, 5.41) is 7.70. The summed E-state index contributed by atoms with van der Waals surface area (Å²) in [5.41, 5.74) is 4.76. The second-order valence-corrected chi connectivity index (χ2v) is 6.08. The van der Waals surface area contributed by atoms with Gasteiger partial charge in [0.2, 0.25) is 17.7 Å². The van der Waals surface area contributed by atoms with Crippen molar-refractivity contribution in [1.82, 2.24) is 16.0 Å². The lowest BCUT2D eigenvalue weighted by Crippen LogP contribution is -2.37. The highest BCUT2D eigenvalue weighted by Crippen LogP contribution is 1.99. The summed E-state index contributed by atoms with van der Waals surface area (Å²) < 4.78 is 0. The molecular weight excluding hydrogens is 384 g/mol. The van der Waals surface area contributed by atoms with Gasteiger partial charge in [-0.15, -0.1) is 0 Å². The maximum absolute atomic E-state index is 10.9. The Hall–Kier alpha value is -2.22. The number of Topliss-reactive ketones (excluding diaryl/α,β-unsaturated/α-hetero) is 1. The van der Waals surface area contributed by atoms with Crippen molar-refractivity contribution in [2.45, 2.75) is 80.1 Å². The Morgan fingerprint density at radius 2 is 1.47 bits per heavy atom. The number of hydrogen-bond acceptors (Lipinski definition) is 5. The van der Waals surface area contributed by atoms with E-state index >= 15 is 0 Å². The second kappa shape index (κ2) is 31.5. The van der Waals surface area contributed by atoms with Crippen molar-refractivity contribution in [2.24, 2.45) is 5.73 Å². The van der Waals surface area contributed by atoms with Crippen LogP contribution >= 0.6 is 0 Å². The topological polar surface area (TPSA) is 130 Å². The molecule has 8 heteroatoms. The third kappa shape index (κ3) is 44.9. The Kier molecular flexibility index (Phi) is 37.0. The number of carbonyl (C=O) groups excluding carboxylic acids is 4. The van der Waals surface area contributed by atoms with Gasteiger partial charge in [0.05, 0.1) is 13.1 Å². The molecule has 0 heterocycles. The molecule has 0 fully saturated rings. The standard InChI is InChI=1S/C11H19NO2.C5H11N3O2.C4H10.C2H6/c1-3-7-11(14)12-9-6-4-5-8-10(2)13;1-7-3-5(10)8-2-4(6)9;1-3-4-2;1-2/h3,7H,4-6,8-9H2,1-2H3,(H,12,14);7H,2-3H2,1H3,(H2,6,9)(H,8,10);3-4H2,1-2H3;1-2H3/b7-3+;;;. The molecule has 0 aromatic carbocycles. The van der Waals surface area contributed by atoms with E-state index in [9.17, 15) is 19.2 Å². The van der Waals surface area contributed by atoms with E-state index in [-0.39, 0.29) is 30.7 Å². The summed E-state index contributed by atoms with van der Waals surface area (Å²) in [6, 6.07) is 0. The fraction of sp³-hybridized carbons (Fsp3) is 0.727. The van der Waals surface area contributed by atoms with Gasteiger partial charge < -0.3 is 26.5 Å². The molecule has 0 aromatic heterocycles. The second-order valence-electron chi connectivity index (χ2n) is 6.08. The average molecular weight is 431 g/mol. The highest BCUT2D eigenvalue weighted by Gasteiger charge is 1.99. The Morgan fingerprint density at radius 3 is 1.87 bits per heavy atom. The minimum Gasteiger partial charge on any atom is -0.368 e. The number of allylic oxidation sites excluding steroid dienone is 1. The smallest absolute Gasteiger partial charge is 0.243 e. The van der Waals surface area contributed by atoms with Crippen molar-refractivity contribution in [2.75, 3.05) is 26.7 Å². The zero-order chi connectivity index (χ0) is 24.2. The molecule has 3 amide bonds. The lowest BCUT2D eigenvalue weighted by atomic mass is 10.1. The molecule has 0 saturated carbocycles. The number of nitrogens with two attached hydrogens (primary N) is 1. The van der Waals surface area contributed by atoms with Gasteiger partial charge in [-0.05, 0) is 39.8 Å². The van der Waals surface area contributed by atoms with Crippen molar-refractivity contribution in [1.29, 1.82) is 0 Å². The summed E-state index contributed by atoms with van der Waals surface area (Å²) in [7, 11) is 1.64. The molecule has 30 heavy (non-hydrogen) atoms. The third-order valence-electron chi connectivity index (χ3n) is 3.12. The van der Waals surface area contributed by atoms with Crippen molar-refractivity contribution < 1.29 is 19.2 Å². The van der Waals surface area contributed by atoms with Crippen LogP contribution < -0.4 is 21.7 Å². The van der Waals surface area contributed by atoms with E-state index in [1.165, 1.54) is 18.9 Å². The van der Waals surface area contributed by atoms with E-state index in [4.69, 9.17) is 5.73 Å². The predicted molar refractivity (Wildman–Crippen MR) is 125 cm³/mol. The SMILES string of the molecule is C/C=C/C(=O)NCCCCCC(C)=O.CC.CCCC.CNCC(=O)NCC(N)=O. The molecule has 0 spiro atoms. The number of amides is 3. The van der Waals surface area contributed by atoms with E-state index in [0.717, 1.165) is 19.3 Å². The molecule has 0 aliphatic carbocycles. The highest BCUT2D eigenvalue weighted by atomic mass is 16.2. The minimum atomic E-state index is -0.538. The summed E-state index contributed by atoms with van der Waals surface area (Å²) >= 11 is 0. The third-order valence-corrected chi connectivity index (χ3v) is 3.12. The fourth-order valence-corrected chi connectivity index (χ4v) is 1.51. The molecule has 0 aromatic rings. The van der Waals surface area contributed by atoms with Crippen molar-refractivity contribution in [3.05, 3.63) is 12.2 Å². The number of rotatable bonds is 12. The number of carbonyl (C=O) groups is 4. The Labute approximate surface area is 183 Å². The molecule has 0 saturated heterocycles. The molecular formula is C22H46N4O4. The number of hydrogen-bond donors (Lipinski definition) is 4. The number of unbranched alkanes of at least 4 members (excludes halogenated alkanes) is 3. The Balaban J connectivity index is -0.000000184. The van der Waals surface area contributed by atoms with Gasteiger partial charge in [0, 0.05) is 13.0 Å². The molecule has 0 aliphatic rings. The van der Waals surface area contributed by atoms with Crippen LogP contribution in [0.2, 0.25) is 0 Å². The molecule has 0 unspecified atom stereocenters. The van der Waals surface area contributed by atoms with Gasteiger partial charge in [-0.3, -0.25) is 14.4 Å². The van der Waals surface area contributed by atoms with Crippen LogP contribution in [0.1, 0.15) is 80.1 Å². The zero-order valence-electron chi connectivity index (χ0n) is 20.2. The van der Waals surface area contributed by atoms with Gasteiger partial charge in [0.25, 0.3) is 0 Å². The summed E-state index contributed by atoms with van der Waals surface area (Å²) in [6.07, 6.45) is 9.38. The summed E-state index contributed by atoms with van der Waals surface area (Å²) in [4.78, 5) is 42.2. The van der Waals surface area contributed by atoms with Gasteiger partial charge >= 0.3 is 0 Å². The normalized spacial score (nSPS) is 9.03. The first-order valence-electron chi connectivity index (χ1n) is 10.8. The summed E-state index contributed by atoms with van der Waals surface area (Å²) in [6.45, 7) is 12.6. The van der Waals surface area contributed by atoms with Crippen LogP contribution in [0.5, 0.6) is 0 Å². The number of likely N-dealkylation sites (N-methyl/N-ethyl adjacent to an activating group) is 1. The average Bonchev–Trinajstić information content (AvgIpc) is 2.71. The molecule has 178 valence electrons. The maximum Gasteiger partial charge on any atom is 0.243 e. The van der Waals surface area contributed by atoms with E-state index in [2.05, 4.69) is 29.8 Å². The van der Waals surface area contributed by atoms with Gasteiger partial charge in [-0.1, -0.05) is 53.0 Å². The first-order valence-corrected chi connectivity index (χ1v) is 10.8. The lowest BCUT2D eigenvalue weighted by molar-refractivity contribution is -0.124. The van der Waals surface area contributed by atoms with E-state index in [0.29, 0.717) is 13.0 Å². The monoisotopic (exact) mass is 430 g/mol. The summed E-state index contributed by atoms with van der Waals surface area (Å²) in [5.74, 6) is -0.576. The molecule has 8 nitrogen and oxygen atoms in total. The van der Waals surface area contributed by atoms with Crippen LogP contribution in [0, 0.1) is 0 Å². The Bertz CT molecular complexity index is 450. The maximum atomic E-state index is 10.9. The first-order chi connectivity index (χ1) is 14.2. The van der Waals surface area contributed by atoms with Gasteiger partial charge in [0.1, 0.15) is 5.78 Å². The largest absolute Gasteiger partial charge is 0.368 e.